The molecule has 0 atom stereocenters. The zero-order valence-corrected chi connectivity index (χ0v) is 10.8. The number of nitrogens with one attached hydrogen (secondary N) is 2. The quantitative estimate of drug-likeness (QED) is 0.572. The number of nitrogens with zero attached hydrogens (tertiary/aromatic N) is 1. The Kier molecular flexibility index (Phi) is 7.37. The van der Waals surface area contributed by atoms with Crippen LogP contribution in [-0.2, 0) is 9.59 Å². The molecule has 0 aromatic heterocycles. The van der Waals surface area contributed by atoms with Gasteiger partial charge >= 0.3 is 12.0 Å². The summed E-state index contributed by atoms with van der Waals surface area (Å²) in [5.74, 6) is -2.02. The number of carbonyl (C=O) groups is 3. The minimum Gasteiger partial charge on any atom is -0.478 e. The van der Waals surface area contributed by atoms with Gasteiger partial charge in [0.1, 0.15) is 0 Å². The molecule has 0 aliphatic carbocycles. The molecule has 0 radical (unpaired) electrons. The predicted octanol–water partition coefficient (Wildman–Crippen LogP) is -0.207. The fourth-order valence-corrected chi connectivity index (χ4v) is 0.949. The van der Waals surface area contributed by atoms with Gasteiger partial charge in [0, 0.05) is 31.3 Å². The number of carboxylic acids is 1. The van der Waals surface area contributed by atoms with Gasteiger partial charge in [-0.2, -0.15) is 0 Å². The standard InChI is InChI=1S/C11H19N3O4/c1-8(2)14(3)7-6-12-11(18)13-9(15)4-5-10(16)17/h4-5,8H,6-7H2,1-3H3,(H,16,17)(H2,12,13,15,18). The van der Waals surface area contributed by atoms with Crippen molar-refractivity contribution in [2.75, 3.05) is 20.1 Å². The first kappa shape index (κ1) is 16.1. The van der Waals surface area contributed by atoms with Gasteiger partial charge in [-0.1, -0.05) is 0 Å². The van der Waals surface area contributed by atoms with Crippen molar-refractivity contribution in [2.24, 2.45) is 0 Å². The van der Waals surface area contributed by atoms with E-state index >= 15 is 0 Å². The van der Waals surface area contributed by atoms with Crippen molar-refractivity contribution in [3.63, 3.8) is 0 Å². The summed E-state index contributed by atoms with van der Waals surface area (Å²) in [7, 11) is 1.92. The predicted molar refractivity (Wildman–Crippen MR) is 66.1 cm³/mol. The number of carboxylic acid groups (broad SMARTS) is 1. The van der Waals surface area contributed by atoms with Gasteiger partial charge in [-0.15, -0.1) is 0 Å². The van der Waals surface area contributed by atoms with Gasteiger partial charge in [0.05, 0.1) is 0 Å². The first-order chi connectivity index (χ1) is 8.32. The fraction of sp³-hybridized carbons (Fsp3) is 0.545. The molecule has 0 spiro atoms. The molecule has 0 aromatic carbocycles. The molecule has 0 unspecified atom stereocenters. The molecule has 0 aliphatic rings. The van der Waals surface area contributed by atoms with Crippen molar-refractivity contribution in [2.45, 2.75) is 19.9 Å². The van der Waals surface area contributed by atoms with E-state index in [1.807, 2.05) is 31.1 Å². The SMILES string of the molecule is CC(C)N(C)CCNC(=O)NC(=O)C=CC(=O)O. The highest BCUT2D eigenvalue weighted by Crippen LogP contribution is 1.90. The van der Waals surface area contributed by atoms with Crippen LogP contribution in [0.5, 0.6) is 0 Å². The second kappa shape index (κ2) is 8.24. The van der Waals surface area contributed by atoms with Crippen LogP contribution in [0.25, 0.3) is 0 Å². The molecule has 18 heavy (non-hydrogen) atoms. The van der Waals surface area contributed by atoms with Crippen LogP contribution in [0.3, 0.4) is 0 Å². The van der Waals surface area contributed by atoms with E-state index in [9.17, 15) is 14.4 Å². The number of rotatable bonds is 6. The average molecular weight is 257 g/mol. The molecular formula is C11H19N3O4. The molecule has 0 aliphatic heterocycles. The summed E-state index contributed by atoms with van der Waals surface area (Å²) < 4.78 is 0. The van der Waals surface area contributed by atoms with Crippen LogP contribution in [0.2, 0.25) is 0 Å². The van der Waals surface area contributed by atoms with Gasteiger partial charge in [-0.3, -0.25) is 10.1 Å². The van der Waals surface area contributed by atoms with Crippen molar-refractivity contribution in [3.05, 3.63) is 12.2 Å². The topological polar surface area (TPSA) is 98.7 Å². The molecule has 3 N–H and O–H groups in total. The van der Waals surface area contributed by atoms with Crippen LogP contribution in [0, 0.1) is 0 Å². The van der Waals surface area contributed by atoms with E-state index in [0.717, 1.165) is 6.08 Å². The van der Waals surface area contributed by atoms with Crippen LogP contribution in [0.15, 0.2) is 12.2 Å². The molecule has 0 heterocycles. The lowest BCUT2D eigenvalue weighted by Gasteiger charge is -2.20. The van der Waals surface area contributed by atoms with E-state index < -0.39 is 17.9 Å². The summed E-state index contributed by atoms with van der Waals surface area (Å²) >= 11 is 0. The molecule has 0 saturated heterocycles. The normalized spacial score (nSPS) is 10.9. The molecule has 0 bridgehead atoms. The van der Waals surface area contributed by atoms with Crippen molar-refractivity contribution in [1.29, 1.82) is 0 Å². The van der Waals surface area contributed by atoms with Crippen LogP contribution in [0.4, 0.5) is 4.79 Å². The lowest BCUT2D eigenvalue weighted by atomic mass is 10.3. The number of urea groups is 1. The number of imide groups is 1. The van der Waals surface area contributed by atoms with E-state index in [-0.39, 0.29) is 0 Å². The molecule has 0 fully saturated rings. The highest BCUT2D eigenvalue weighted by atomic mass is 16.4. The lowest BCUT2D eigenvalue weighted by molar-refractivity contribution is -0.131. The highest BCUT2D eigenvalue weighted by molar-refractivity contribution is 6.02. The van der Waals surface area contributed by atoms with Crippen LogP contribution >= 0.6 is 0 Å². The Morgan fingerprint density at radius 2 is 1.89 bits per heavy atom. The van der Waals surface area contributed by atoms with Gasteiger partial charge < -0.3 is 15.3 Å². The Hall–Kier alpha value is -1.89. The second-order valence-corrected chi connectivity index (χ2v) is 3.99. The zero-order valence-electron chi connectivity index (χ0n) is 10.8. The summed E-state index contributed by atoms with van der Waals surface area (Å²) in [5, 5.41) is 12.8. The average Bonchev–Trinajstić information content (AvgIpc) is 2.25. The molecule has 3 amide bonds. The Morgan fingerprint density at radius 1 is 1.28 bits per heavy atom. The summed E-state index contributed by atoms with van der Waals surface area (Å²) in [4.78, 5) is 34.4. The monoisotopic (exact) mass is 257 g/mol. The smallest absolute Gasteiger partial charge is 0.328 e. The van der Waals surface area contributed by atoms with Crippen LogP contribution in [0.1, 0.15) is 13.8 Å². The van der Waals surface area contributed by atoms with Crippen molar-refractivity contribution >= 4 is 17.9 Å². The molecule has 7 nitrogen and oxygen atoms in total. The fourth-order valence-electron chi connectivity index (χ4n) is 0.949. The maximum Gasteiger partial charge on any atom is 0.328 e. The Balaban J connectivity index is 3.85. The maximum absolute atomic E-state index is 11.2. The zero-order chi connectivity index (χ0) is 14.1. The molecular weight excluding hydrogens is 238 g/mol. The molecule has 102 valence electrons. The van der Waals surface area contributed by atoms with Gasteiger partial charge in [0.25, 0.3) is 5.91 Å². The second-order valence-electron chi connectivity index (χ2n) is 3.99. The summed E-state index contributed by atoms with van der Waals surface area (Å²) in [6.45, 7) is 5.11. The minimum atomic E-state index is -1.25. The van der Waals surface area contributed by atoms with Crippen molar-refractivity contribution in [1.82, 2.24) is 15.5 Å². The van der Waals surface area contributed by atoms with Crippen molar-refractivity contribution < 1.29 is 19.5 Å². The number of amides is 3. The van der Waals surface area contributed by atoms with E-state index in [1.165, 1.54) is 0 Å². The number of hydrogen-bond donors (Lipinski definition) is 3. The van der Waals surface area contributed by atoms with Gasteiger partial charge in [0.2, 0.25) is 0 Å². The first-order valence-electron chi connectivity index (χ1n) is 5.53. The number of carbonyl (C=O) groups excluding carboxylic acids is 2. The Bertz CT molecular complexity index is 339. The summed E-state index contributed by atoms with van der Waals surface area (Å²) in [6, 6.07) is -0.276. The molecule has 0 saturated carbocycles. The minimum absolute atomic E-state index is 0.370. The van der Waals surface area contributed by atoms with Gasteiger partial charge in [0.15, 0.2) is 0 Å². The molecule has 7 heteroatoms. The Labute approximate surface area is 106 Å². The number of hydrogen-bond acceptors (Lipinski definition) is 4. The Morgan fingerprint density at radius 3 is 2.39 bits per heavy atom. The largest absolute Gasteiger partial charge is 0.478 e. The van der Waals surface area contributed by atoms with E-state index in [0.29, 0.717) is 25.2 Å². The number of aliphatic carboxylic acids is 1. The van der Waals surface area contributed by atoms with Crippen molar-refractivity contribution in [3.8, 4) is 0 Å². The van der Waals surface area contributed by atoms with Crippen LogP contribution in [-0.4, -0.2) is 54.1 Å². The van der Waals surface area contributed by atoms with Gasteiger partial charge in [-0.25, -0.2) is 9.59 Å². The highest BCUT2D eigenvalue weighted by Gasteiger charge is 2.06. The lowest BCUT2D eigenvalue weighted by Crippen LogP contribution is -2.42. The first-order valence-corrected chi connectivity index (χ1v) is 5.53. The van der Waals surface area contributed by atoms with E-state index in [1.54, 1.807) is 0 Å². The molecule has 0 rings (SSSR count). The third-order valence-corrected chi connectivity index (χ3v) is 2.25. The third-order valence-electron chi connectivity index (χ3n) is 2.25. The third kappa shape index (κ3) is 8.28. The number of likely N-dealkylation sites (N-methyl/N-ethyl adjacent to an activating group) is 1. The van der Waals surface area contributed by atoms with E-state index in [4.69, 9.17) is 5.11 Å². The van der Waals surface area contributed by atoms with E-state index in [2.05, 4.69) is 5.32 Å². The summed E-state index contributed by atoms with van der Waals surface area (Å²) in [6.07, 6.45) is 1.44. The van der Waals surface area contributed by atoms with Crippen LogP contribution < -0.4 is 10.6 Å². The molecule has 0 aromatic rings. The van der Waals surface area contributed by atoms with Gasteiger partial charge in [-0.05, 0) is 20.9 Å². The maximum atomic E-state index is 11.2. The summed E-state index contributed by atoms with van der Waals surface area (Å²) in [5.41, 5.74) is 0.